The Labute approximate surface area is 208 Å². The van der Waals surface area contributed by atoms with Gasteiger partial charge in [-0.25, -0.2) is 9.37 Å². The fourth-order valence-electron chi connectivity index (χ4n) is 4.52. The number of hydrogen-bond donors (Lipinski definition) is 3. The van der Waals surface area contributed by atoms with Gasteiger partial charge in [0.1, 0.15) is 5.82 Å². The summed E-state index contributed by atoms with van der Waals surface area (Å²) >= 11 is 1.20. The van der Waals surface area contributed by atoms with E-state index in [9.17, 15) is 14.0 Å². The first-order chi connectivity index (χ1) is 17.0. The molecule has 0 unspecified atom stereocenters. The number of carboxylic acids is 1. The van der Waals surface area contributed by atoms with Gasteiger partial charge in [0.2, 0.25) is 0 Å². The lowest BCUT2D eigenvalue weighted by Gasteiger charge is -2.22. The topological polar surface area (TPSA) is 91.3 Å². The average molecular weight is 496 g/mol. The van der Waals surface area contributed by atoms with Gasteiger partial charge in [-0.3, -0.25) is 14.9 Å². The molecule has 184 valence electrons. The van der Waals surface area contributed by atoms with Crippen LogP contribution in [0.5, 0.6) is 0 Å². The molecule has 3 N–H and O–H groups in total. The van der Waals surface area contributed by atoms with Crippen molar-refractivity contribution >= 4 is 34.0 Å². The first-order valence-electron chi connectivity index (χ1n) is 12.0. The van der Waals surface area contributed by atoms with Crippen molar-refractivity contribution in [2.24, 2.45) is 5.92 Å². The Kier molecular flexibility index (Phi) is 8.47. The van der Waals surface area contributed by atoms with Gasteiger partial charge in [-0.05, 0) is 60.2 Å². The molecule has 1 aliphatic rings. The number of hydrogen-bond acceptors (Lipinski definition) is 5. The van der Waals surface area contributed by atoms with Gasteiger partial charge in [0, 0.05) is 23.2 Å². The highest BCUT2D eigenvalue weighted by Crippen LogP contribution is 2.29. The Morgan fingerprint density at radius 3 is 2.60 bits per heavy atom. The number of nitrogens with one attached hydrogen (secondary N) is 2. The lowest BCUT2D eigenvalue weighted by atomic mass is 9.85. The molecular formula is C27H30FN3O3S. The third-order valence-corrected chi connectivity index (χ3v) is 7.22. The zero-order valence-corrected chi connectivity index (χ0v) is 20.4. The Morgan fingerprint density at radius 1 is 1.09 bits per heavy atom. The number of thiazole rings is 1. The highest BCUT2D eigenvalue weighted by atomic mass is 32.1. The molecule has 35 heavy (non-hydrogen) atoms. The molecule has 0 atom stereocenters. The van der Waals surface area contributed by atoms with Crippen LogP contribution in [-0.4, -0.2) is 22.0 Å². The van der Waals surface area contributed by atoms with Crippen LogP contribution in [0.4, 0.5) is 15.2 Å². The van der Waals surface area contributed by atoms with Crippen molar-refractivity contribution in [3.05, 3.63) is 76.0 Å². The van der Waals surface area contributed by atoms with Gasteiger partial charge in [-0.15, -0.1) is 11.3 Å². The molecule has 1 heterocycles. The maximum Gasteiger partial charge on any atom is 0.309 e. The number of aromatic nitrogens is 1. The SMILES string of the molecule is O=C(O)Cc1csc(NC(=O)c2ccc(CNc3ccc(F)cc3CCC3CCCCC3)cc2)n1. The van der Waals surface area contributed by atoms with Crippen LogP contribution in [0, 0.1) is 11.7 Å². The maximum atomic E-state index is 13.9. The van der Waals surface area contributed by atoms with Crippen molar-refractivity contribution in [2.45, 2.75) is 57.9 Å². The molecule has 1 saturated carbocycles. The lowest BCUT2D eigenvalue weighted by Crippen LogP contribution is -2.12. The summed E-state index contributed by atoms with van der Waals surface area (Å²) in [6.45, 7) is 0.564. The number of benzene rings is 2. The molecule has 0 spiro atoms. The maximum absolute atomic E-state index is 13.9. The second-order valence-electron chi connectivity index (χ2n) is 9.06. The fraction of sp³-hybridized carbons (Fsp3) is 0.370. The Morgan fingerprint density at radius 2 is 1.86 bits per heavy atom. The van der Waals surface area contributed by atoms with E-state index in [1.807, 2.05) is 12.1 Å². The Hall–Kier alpha value is -3.26. The summed E-state index contributed by atoms with van der Waals surface area (Å²) in [5, 5.41) is 17.0. The van der Waals surface area contributed by atoms with Crippen LogP contribution in [0.1, 0.15) is 65.7 Å². The lowest BCUT2D eigenvalue weighted by molar-refractivity contribution is -0.136. The van der Waals surface area contributed by atoms with Crippen molar-refractivity contribution in [1.82, 2.24) is 4.98 Å². The van der Waals surface area contributed by atoms with E-state index in [1.54, 1.807) is 29.6 Å². The molecule has 0 saturated heterocycles. The number of aliphatic carboxylic acids is 1. The summed E-state index contributed by atoms with van der Waals surface area (Å²) in [5.74, 6) is -0.731. The third-order valence-electron chi connectivity index (χ3n) is 6.42. The van der Waals surface area contributed by atoms with Crippen LogP contribution in [0.25, 0.3) is 0 Å². The summed E-state index contributed by atoms with van der Waals surface area (Å²) in [5.41, 5.74) is 3.86. The minimum Gasteiger partial charge on any atom is -0.481 e. The normalized spacial score (nSPS) is 14.0. The van der Waals surface area contributed by atoms with Gasteiger partial charge in [-0.1, -0.05) is 44.2 Å². The number of anilines is 2. The van der Waals surface area contributed by atoms with Gasteiger partial charge in [-0.2, -0.15) is 0 Å². The van der Waals surface area contributed by atoms with Crippen molar-refractivity contribution < 1.29 is 19.1 Å². The van der Waals surface area contributed by atoms with Gasteiger partial charge in [0.05, 0.1) is 12.1 Å². The van der Waals surface area contributed by atoms with E-state index in [2.05, 4.69) is 15.6 Å². The van der Waals surface area contributed by atoms with Gasteiger partial charge < -0.3 is 10.4 Å². The van der Waals surface area contributed by atoms with E-state index in [-0.39, 0.29) is 18.1 Å². The molecule has 1 aliphatic carbocycles. The summed E-state index contributed by atoms with van der Waals surface area (Å²) in [7, 11) is 0. The number of carbonyl (C=O) groups is 2. The second-order valence-corrected chi connectivity index (χ2v) is 9.92. The summed E-state index contributed by atoms with van der Waals surface area (Å²) < 4.78 is 13.9. The molecular weight excluding hydrogens is 465 g/mol. The molecule has 0 aliphatic heterocycles. The third kappa shape index (κ3) is 7.36. The van der Waals surface area contributed by atoms with Gasteiger partial charge >= 0.3 is 5.97 Å². The number of amides is 1. The van der Waals surface area contributed by atoms with Crippen LogP contribution in [0.2, 0.25) is 0 Å². The molecule has 4 rings (SSSR count). The molecule has 8 heteroatoms. The van der Waals surface area contributed by atoms with E-state index in [1.165, 1.54) is 49.5 Å². The zero-order chi connectivity index (χ0) is 24.6. The van der Waals surface area contributed by atoms with Crippen LogP contribution in [0.3, 0.4) is 0 Å². The minimum atomic E-state index is -0.964. The molecule has 2 aromatic carbocycles. The smallest absolute Gasteiger partial charge is 0.309 e. The Bertz CT molecular complexity index is 1160. The molecule has 1 amide bonds. The highest BCUT2D eigenvalue weighted by Gasteiger charge is 2.15. The fourth-order valence-corrected chi connectivity index (χ4v) is 5.22. The van der Waals surface area contributed by atoms with Crippen molar-refractivity contribution in [2.75, 3.05) is 10.6 Å². The second kappa shape index (κ2) is 11.9. The Balaban J connectivity index is 1.32. The quantitative estimate of drug-likeness (QED) is 0.308. The van der Waals surface area contributed by atoms with E-state index in [0.29, 0.717) is 22.9 Å². The largest absolute Gasteiger partial charge is 0.481 e. The van der Waals surface area contributed by atoms with E-state index in [0.717, 1.165) is 35.6 Å². The predicted octanol–water partition coefficient (Wildman–Crippen LogP) is 6.29. The average Bonchev–Trinajstić information content (AvgIpc) is 3.29. The number of aryl methyl sites for hydroxylation is 1. The first kappa shape index (κ1) is 24.9. The molecule has 3 aromatic rings. The summed E-state index contributed by atoms with van der Waals surface area (Å²) in [6, 6.07) is 12.2. The number of nitrogens with zero attached hydrogens (tertiary/aromatic N) is 1. The number of halogens is 1. The predicted molar refractivity (Wildman–Crippen MR) is 136 cm³/mol. The highest BCUT2D eigenvalue weighted by molar-refractivity contribution is 7.14. The number of rotatable bonds is 10. The van der Waals surface area contributed by atoms with Crippen LogP contribution >= 0.6 is 11.3 Å². The number of carboxylic acid groups (broad SMARTS) is 1. The monoisotopic (exact) mass is 495 g/mol. The molecule has 6 nitrogen and oxygen atoms in total. The van der Waals surface area contributed by atoms with Crippen LogP contribution in [0.15, 0.2) is 47.8 Å². The minimum absolute atomic E-state index is 0.176. The van der Waals surface area contributed by atoms with E-state index < -0.39 is 5.97 Å². The van der Waals surface area contributed by atoms with Crippen molar-refractivity contribution in [3.63, 3.8) is 0 Å². The van der Waals surface area contributed by atoms with Crippen molar-refractivity contribution in [3.8, 4) is 0 Å². The molecule has 0 bridgehead atoms. The standard InChI is InChI=1S/C27H30FN3O3S/c28-22-12-13-24(21(14-22)11-6-18-4-2-1-3-5-18)29-16-19-7-9-20(10-8-19)26(34)31-27-30-23(17-35-27)15-25(32)33/h7-10,12-14,17-18,29H,1-6,11,15-16H2,(H,32,33)(H,30,31,34). The molecule has 1 fully saturated rings. The molecule has 0 radical (unpaired) electrons. The molecule has 1 aromatic heterocycles. The number of carbonyl (C=O) groups excluding carboxylic acids is 1. The zero-order valence-electron chi connectivity index (χ0n) is 19.6. The first-order valence-corrected chi connectivity index (χ1v) is 12.9. The summed E-state index contributed by atoms with van der Waals surface area (Å²) in [4.78, 5) is 27.4. The van der Waals surface area contributed by atoms with Crippen molar-refractivity contribution in [1.29, 1.82) is 0 Å². The van der Waals surface area contributed by atoms with Crippen LogP contribution < -0.4 is 10.6 Å². The van der Waals surface area contributed by atoms with Crippen LogP contribution in [-0.2, 0) is 24.2 Å². The van der Waals surface area contributed by atoms with Gasteiger partial charge in [0.15, 0.2) is 5.13 Å². The van der Waals surface area contributed by atoms with Gasteiger partial charge in [0.25, 0.3) is 5.91 Å². The van der Waals surface area contributed by atoms with E-state index >= 15 is 0 Å². The van der Waals surface area contributed by atoms with E-state index in [4.69, 9.17) is 5.11 Å². The summed E-state index contributed by atoms with van der Waals surface area (Å²) in [6.07, 6.45) is 8.31.